The maximum absolute atomic E-state index is 14.0. The number of benzene rings is 2. The molecule has 1 saturated carbocycles. The van der Waals surface area contributed by atoms with Crippen LogP contribution < -0.4 is 16.2 Å². The first kappa shape index (κ1) is 20.9. The summed E-state index contributed by atoms with van der Waals surface area (Å²) < 4.78 is 3.73. The summed E-state index contributed by atoms with van der Waals surface area (Å²) >= 11 is 0. The van der Waals surface area contributed by atoms with E-state index in [9.17, 15) is 9.59 Å². The normalized spacial score (nSPS) is 17.5. The molecule has 1 unspecified atom stereocenters. The van der Waals surface area contributed by atoms with Crippen LogP contribution in [0.1, 0.15) is 45.6 Å². The molecular formula is C27H27N5O2. The minimum atomic E-state index is -0.151. The molecule has 172 valence electrons. The van der Waals surface area contributed by atoms with E-state index in [1.807, 2.05) is 41.0 Å². The first-order valence-electron chi connectivity index (χ1n) is 11.9. The first-order chi connectivity index (χ1) is 16.6. The number of amides is 1. The van der Waals surface area contributed by atoms with Crippen LogP contribution >= 0.6 is 0 Å². The second-order valence-corrected chi connectivity index (χ2v) is 9.29. The molecule has 2 aliphatic rings. The van der Waals surface area contributed by atoms with Crippen molar-refractivity contribution >= 4 is 11.6 Å². The van der Waals surface area contributed by atoms with E-state index in [1.165, 1.54) is 12.8 Å². The average molecular weight is 454 g/mol. The largest absolute Gasteiger partial charge is 0.355 e. The number of carbonyl (C=O) groups is 1. The minimum absolute atomic E-state index is 0.0113. The molecule has 34 heavy (non-hydrogen) atoms. The molecule has 2 aromatic carbocycles. The lowest BCUT2D eigenvalue weighted by molar-refractivity contribution is 0.0963. The van der Waals surface area contributed by atoms with Gasteiger partial charge in [-0.1, -0.05) is 30.3 Å². The highest BCUT2D eigenvalue weighted by Crippen LogP contribution is 2.36. The highest BCUT2D eigenvalue weighted by Gasteiger charge is 2.36. The van der Waals surface area contributed by atoms with Crippen LogP contribution in [-0.2, 0) is 19.4 Å². The minimum Gasteiger partial charge on any atom is -0.355 e. The topological polar surface area (TPSA) is 80.4 Å². The Labute approximate surface area is 197 Å². The highest BCUT2D eigenvalue weighted by atomic mass is 16.1. The van der Waals surface area contributed by atoms with Crippen molar-refractivity contribution in [2.75, 3.05) is 7.05 Å². The van der Waals surface area contributed by atoms with Gasteiger partial charge < -0.3 is 10.6 Å². The Morgan fingerprint density at radius 3 is 2.59 bits per heavy atom. The van der Waals surface area contributed by atoms with Gasteiger partial charge in [0.2, 0.25) is 0 Å². The van der Waals surface area contributed by atoms with Crippen LogP contribution in [-0.4, -0.2) is 33.2 Å². The molecule has 4 aromatic rings. The maximum atomic E-state index is 14.0. The summed E-state index contributed by atoms with van der Waals surface area (Å²) in [4.78, 5) is 26.1. The monoisotopic (exact) mass is 453 g/mol. The van der Waals surface area contributed by atoms with Crippen molar-refractivity contribution in [3.63, 3.8) is 0 Å². The molecule has 0 saturated heterocycles. The summed E-state index contributed by atoms with van der Waals surface area (Å²) in [6.07, 6.45) is 5.74. The van der Waals surface area contributed by atoms with Gasteiger partial charge in [-0.2, -0.15) is 5.10 Å². The predicted molar refractivity (Wildman–Crippen MR) is 130 cm³/mol. The fourth-order valence-corrected chi connectivity index (χ4v) is 5.12. The van der Waals surface area contributed by atoms with Crippen LogP contribution in [0.25, 0.3) is 11.3 Å². The molecule has 1 fully saturated rings. The fraction of sp³-hybridized carbons (Fsp3) is 0.296. The third-order valence-corrected chi connectivity index (χ3v) is 7.09. The third-order valence-electron chi connectivity index (χ3n) is 7.09. The van der Waals surface area contributed by atoms with Gasteiger partial charge in [0.05, 0.1) is 17.6 Å². The zero-order valence-corrected chi connectivity index (χ0v) is 19.1. The molecule has 1 amide bonds. The summed E-state index contributed by atoms with van der Waals surface area (Å²) in [5, 5.41) is 11.0. The van der Waals surface area contributed by atoms with E-state index in [0.717, 1.165) is 40.1 Å². The number of nitrogens with one attached hydrogen (secondary N) is 2. The van der Waals surface area contributed by atoms with Crippen molar-refractivity contribution in [1.29, 1.82) is 0 Å². The summed E-state index contributed by atoms with van der Waals surface area (Å²) in [6.45, 7) is 0.644. The molecule has 0 spiro atoms. The van der Waals surface area contributed by atoms with E-state index in [-0.39, 0.29) is 11.5 Å². The van der Waals surface area contributed by atoms with Crippen LogP contribution in [0.3, 0.4) is 0 Å². The van der Waals surface area contributed by atoms with Crippen molar-refractivity contribution in [3.05, 3.63) is 99.1 Å². The van der Waals surface area contributed by atoms with Crippen molar-refractivity contribution in [1.82, 2.24) is 24.8 Å². The van der Waals surface area contributed by atoms with Crippen molar-refractivity contribution in [2.45, 2.75) is 38.3 Å². The number of aromatic nitrogens is 3. The molecule has 2 N–H and O–H groups in total. The zero-order valence-electron chi connectivity index (χ0n) is 19.1. The third kappa shape index (κ3) is 3.53. The Kier molecular flexibility index (Phi) is 5.07. The Hall–Kier alpha value is -3.71. The van der Waals surface area contributed by atoms with Gasteiger partial charge >= 0.3 is 0 Å². The Balaban J connectivity index is 1.54. The van der Waals surface area contributed by atoms with Gasteiger partial charge in [-0.05, 0) is 55.0 Å². The molecule has 3 heterocycles. The summed E-state index contributed by atoms with van der Waals surface area (Å²) in [5.41, 5.74) is 6.04. The SMILES string of the molecule is CNC(=O)c1ccc(-n2c(=O)c3c(n4ncc(Cc5ccccc5)c24)CNC(C2CC2)C3)cc1. The molecule has 2 aromatic heterocycles. The van der Waals surface area contributed by atoms with Crippen molar-refractivity contribution in [2.24, 2.45) is 5.92 Å². The number of rotatable bonds is 5. The predicted octanol–water partition coefficient (Wildman–Crippen LogP) is 2.86. The smallest absolute Gasteiger partial charge is 0.261 e. The number of hydrogen-bond acceptors (Lipinski definition) is 4. The van der Waals surface area contributed by atoms with Crippen LogP contribution in [0.5, 0.6) is 0 Å². The van der Waals surface area contributed by atoms with Crippen LogP contribution in [0.4, 0.5) is 0 Å². The van der Waals surface area contributed by atoms with E-state index in [0.29, 0.717) is 30.5 Å². The van der Waals surface area contributed by atoms with Crippen LogP contribution in [0.15, 0.2) is 65.6 Å². The number of carbonyl (C=O) groups excluding carboxylic acids is 1. The lowest BCUT2D eigenvalue weighted by Crippen LogP contribution is -2.43. The van der Waals surface area contributed by atoms with Crippen LogP contribution in [0.2, 0.25) is 0 Å². The van der Waals surface area contributed by atoms with Gasteiger partial charge in [-0.15, -0.1) is 0 Å². The summed E-state index contributed by atoms with van der Waals surface area (Å²) in [7, 11) is 1.61. The molecule has 0 radical (unpaired) electrons. The molecule has 7 heteroatoms. The van der Waals surface area contributed by atoms with Gasteiger partial charge in [-0.3, -0.25) is 14.2 Å². The van der Waals surface area contributed by atoms with Gasteiger partial charge in [-0.25, -0.2) is 4.52 Å². The molecular weight excluding hydrogens is 426 g/mol. The summed E-state index contributed by atoms with van der Waals surface area (Å²) in [5.74, 6) is 0.511. The van der Waals surface area contributed by atoms with Crippen molar-refractivity contribution in [3.8, 4) is 5.69 Å². The quantitative estimate of drug-likeness (QED) is 0.487. The van der Waals surface area contributed by atoms with E-state index < -0.39 is 0 Å². The lowest BCUT2D eigenvalue weighted by atomic mass is 9.97. The standard InChI is InChI=1S/C27H27N5O2/c1-28-25(33)19-9-11-21(12-10-19)31-26-20(13-17-5-3-2-4-6-17)15-30-32(26)24-16-29-23(18-7-8-18)14-22(24)27(31)34/h2-6,9-12,15,18,23,29H,7-8,13-14,16H2,1H3,(H,28,33). The Morgan fingerprint density at radius 1 is 1.12 bits per heavy atom. The Bertz CT molecular complexity index is 1430. The van der Waals surface area contributed by atoms with E-state index in [4.69, 9.17) is 5.10 Å². The molecule has 1 aliphatic carbocycles. The van der Waals surface area contributed by atoms with E-state index >= 15 is 0 Å². The average Bonchev–Trinajstić information content (AvgIpc) is 3.66. The maximum Gasteiger partial charge on any atom is 0.261 e. The molecule has 0 bridgehead atoms. The zero-order chi connectivity index (χ0) is 23.2. The van der Waals surface area contributed by atoms with Crippen LogP contribution in [0, 0.1) is 5.92 Å². The number of nitrogens with zero attached hydrogens (tertiary/aromatic N) is 3. The van der Waals surface area contributed by atoms with Gasteiger partial charge in [0.1, 0.15) is 5.65 Å². The Morgan fingerprint density at radius 2 is 1.88 bits per heavy atom. The van der Waals surface area contributed by atoms with E-state index in [1.54, 1.807) is 23.7 Å². The number of hydrogen-bond donors (Lipinski definition) is 2. The fourth-order valence-electron chi connectivity index (χ4n) is 5.12. The van der Waals surface area contributed by atoms with Gasteiger partial charge in [0, 0.05) is 42.7 Å². The van der Waals surface area contributed by atoms with Gasteiger partial charge in [0.25, 0.3) is 11.5 Å². The van der Waals surface area contributed by atoms with Gasteiger partial charge in [0.15, 0.2) is 0 Å². The first-order valence-corrected chi connectivity index (χ1v) is 11.9. The number of fused-ring (bicyclic) bond motifs is 3. The molecule has 1 atom stereocenters. The lowest BCUT2D eigenvalue weighted by Gasteiger charge is -2.27. The molecule has 1 aliphatic heterocycles. The molecule has 7 nitrogen and oxygen atoms in total. The van der Waals surface area contributed by atoms with E-state index in [2.05, 4.69) is 22.8 Å². The van der Waals surface area contributed by atoms with Crippen molar-refractivity contribution < 1.29 is 4.79 Å². The highest BCUT2D eigenvalue weighted by molar-refractivity contribution is 5.94. The second-order valence-electron chi connectivity index (χ2n) is 9.29. The second kappa shape index (κ2) is 8.25. The summed E-state index contributed by atoms with van der Waals surface area (Å²) in [6, 6.07) is 17.8. The molecule has 6 rings (SSSR count).